The van der Waals surface area contributed by atoms with E-state index in [4.69, 9.17) is 0 Å². The van der Waals surface area contributed by atoms with Gasteiger partial charge >= 0.3 is 0 Å². The highest BCUT2D eigenvalue weighted by Crippen LogP contribution is 2.09. The molecule has 2 heterocycles. The molecule has 1 aliphatic heterocycles. The standard InChI is InChI=1S/C11H15N3O2/c1-2-14(9-6-12-7-9)11(16)8-3-4-13-10(15)5-8/h3-5,9,12H,2,6-7H2,1H3,(H,13,15). The Bertz CT molecular complexity index is 437. The SMILES string of the molecule is CCN(C(=O)c1cc[nH]c(=O)c1)C1CNC1. The quantitative estimate of drug-likeness (QED) is 0.743. The highest BCUT2D eigenvalue weighted by atomic mass is 16.2. The normalized spacial score (nSPS) is 15.6. The maximum absolute atomic E-state index is 12.1. The molecule has 0 spiro atoms. The molecule has 0 atom stereocenters. The number of rotatable bonds is 3. The van der Waals surface area contributed by atoms with E-state index in [9.17, 15) is 9.59 Å². The Hall–Kier alpha value is -1.62. The molecule has 1 aromatic rings. The lowest BCUT2D eigenvalue weighted by Gasteiger charge is -2.37. The second-order valence-corrected chi connectivity index (χ2v) is 3.84. The summed E-state index contributed by atoms with van der Waals surface area (Å²) in [5.41, 5.74) is 0.214. The van der Waals surface area contributed by atoms with E-state index in [1.165, 1.54) is 12.3 Å². The Labute approximate surface area is 93.5 Å². The van der Waals surface area contributed by atoms with Crippen molar-refractivity contribution in [3.8, 4) is 0 Å². The van der Waals surface area contributed by atoms with Crippen molar-refractivity contribution >= 4 is 5.91 Å². The molecule has 5 heteroatoms. The average Bonchev–Trinajstić information content (AvgIpc) is 2.22. The van der Waals surface area contributed by atoms with Crippen LogP contribution in [0, 0.1) is 0 Å². The van der Waals surface area contributed by atoms with Gasteiger partial charge in [-0.25, -0.2) is 0 Å². The number of hydrogen-bond acceptors (Lipinski definition) is 3. The topological polar surface area (TPSA) is 65.2 Å². The van der Waals surface area contributed by atoms with Gasteiger partial charge in [0.25, 0.3) is 5.91 Å². The minimum absolute atomic E-state index is 0.0694. The second kappa shape index (κ2) is 4.49. The van der Waals surface area contributed by atoms with Crippen LogP contribution < -0.4 is 10.9 Å². The van der Waals surface area contributed by atoms with Gasteiger partial charge in [0.2, 0.25) is 5.56 Å². The minimum Gasteiger partial charge on any atom is -0.333 e. The zero-order chi connectivity index (χ0) is 11.5. The summed E-state index contributed by atoms with van der Waals surface area (Å²) in [4.78, 5) is 27.5. The van der Waals surface area contributed by atoms with Crippen LogP contribution in [-0.4, -0.2) is 41.5 Å². The van der Waals surface area contributed by atoms with Crippen molar-refractivity contribution in [2.75, 3.05) is 19.6 Å². The first kappa shape index (κ1) is 10.9. The maximum atomic E-state index is 12.1. The van der Waals surface area contributed by atoms with E-state index in [2.05, 4.69) is 10.3 Å². The highest BCUT2D eigenvalue weighted by molar-refractivity contribution is 5.94. The number of nitrogens with one attached hydrogen (secondary N) is 2. The summed E-state index contributed by atoms with van der Waals surface area (Å²) in [5.74, 6) is -0.0694. The average molecular weight is 221 g/mol. The van der Waals surface area contributed by atoms with Gasteiger partial charge in [-0.1, -0.05) is 0 Å². The zero-order valence-electron chi connectivity index (χ0n) is 9.19. The molecule has 2 rings (SSSR count). The van der Waals surface area contributed by atoms with E-state index in [1.807, 2.05) is 6.92 Å². The monoisotopic (exact) mass is 221 g/mol. The molecule has 5 nitrogen and oxygen atoms in total. The van der Waals surface area contributed by atoms with Crippen molar-refractivity contribution in [1.82, 2.24) is 15.2 Å². The smallest absolute Gasteiger partial charge is 0.254 e. The third-order valence-electron chi connectivity index (χ3n) is 2.82. The van der Waals surface area contributed by atoms with Crippen molar-refractivity contribution in [3.05, 3.63) is 34.2 Å². The molecule has 2 N–H and O–H groups in total. The van der Waals surface area contributed by atoms with E-state index in [0.29, 0.717) is 12.1 Å². The molecule has 0 aliphatic carbocycles. The van der Waals surface area contributed by atoms with Crippen LogP contribution >= 0.6 is 0 Å². The van der Waals surface area contributed by atoms with Crippen LogP contribution in [0.25, 0.3) is 0 Å². The van der Waals surface area contributed by atoms with Crippen LogP contribution in [0.3, 0.4) is 0 Å². The summed E-state index contributed by atoms with van der Waals surface area (Å²) < 4.78 is 0. The zero-order valence-corrected chi connectivity index (χ0v) is 9.19. The molecule has 0 aromatic carbocycles. The molecular weight excluding hydrogens is 206 g/mol. The number of aromatic nitrogens is 1. The van der Waals surface area contributed by atoms with Crippen LogP contribution in [0.1, 0.15) is 17.3 Å². The van der Waals surface area contributed by atoms with Crippen LogP contribution in [0.4, 0.5) is 0 Å². The molecule has 1 fully saturated rings. The maximum Gasteiger partial charge on any atom is 0.254 e. The molecule has 86 valence electrons. The Kier molecular flexibility index (Phi) is 3.05. The lowest BCUT2D eigenvalue weighted by molar-refractivity contribution is 0.0630. The fourth-order valence-corrected chi connectivity index (χ4v) is 1.80. The third-order valence-corrected chi connectivity index (χ3v) is 2.82. The van der Waals surface area contributed by atoms with E-state index in [1.54, 1.807) is 11.0 Å². The molecule has 0 bridgehead atoms. The summed E-state index contributed by atoms with van der Waals surface area (Å²) in [7, 11) is 0. The summed E-state index contributed by atoms with van der Waals surface area (Å²) >= 11 is 0. The third kappa shape index (κ3) is 1.99. The van der Waals surface area contributed by atoms with E-state index in [-0.39, 0.29) is 17.5 Å². The number of amides is 1. The molecule has 0 unspecified atom stereocenters. The van der Waals surface area contributed by atoms with Crippen molar-refractivity contribution < 1.29 is 4.79 Å². The van der Waals surface area contributed by atoms with Crippen molar-refractivity contribution in [2.24, 2.45) is 0 Å². The van der Waals surface area contributed by atoms with Crippen molar-refractivity contribution in [3.63, 3.8) is 0 Å². The Morgan fingerprint density at radius 2 is 2.31 bits per heavy atom. The molecular formula is C11H15N3O2. The second-order valence-electron chi connectivity index (χ2n) is 3.84. The molecule has 0 radical (unpaired) electrons. The van der Waals surface area contributed by atoms with Gasteiger partial charge in [-0.3, -0.25) is 9.59 Å². The Balaban J connectivity index is 2.19. The number of pyridine rings is 1. The van der Waals surface area contributed by atoms with Crippen LogP contribution in [0.5, 0.6) is 0 Å². The van der Waals surface area contributed by atoms with Crippen LogP contribution in [0.15, 0.2) is 23.1 Å². The Morgan fingerprint density at radius 3 is 2.81 bits per heavy atom. The van der Waals surface area contributed by atoms with Crippen molar-refractivity contribution in [2.45, 2.75) is 13.0 Å². The van der Waals surface area contributed by atoms with E-state index < -0.39 is 0 Å². The summed E-state index contributed by atoms with van der Waals surface area (Å²) in [5, 5.41) is 3.13. The summed E-state index contributed by atoms with van der Waals surface area (Å²) in [6, 6.07) is 3.24. The van der Waals surface area contributed by atoms with Crippen LogP contribution in [0.2, 0.25) is 0 Å². The van der Waals surface area contributed by atoms with Gasteiger partial charge in [0, 0.05) is 37.5 Å². The number of aromatic amines is 1. The number of carbonyl (C=O) groups excluding carboxylic acids is 1. The molecule has 1 aliphatic rings. The number of nitrogens with zero attached hydrogens (tertiary/aromatic N) is 1. The van der Waals surface area contributed by atoms with Gasteiger partial charge < -0.3 is 15.2 Å². The summed E-state index contributed by atoms with van der Waals surface area (Å²) in [6.07, 6.45) is 1.50. The number of carbonyl (C=O) groups is 1. The van der Waals surface area contributed by atoms with Gasteiger partial charge in [-0.15, -0.1) is 0 Å². The van der Waals surface area contributed by atoms with Gasteiger partial charge in [0.15, 0.2) is 0 Å². The minimum atomic E-state index is -0.242. The molecule has 0 saturated carbocycles. The molecule has 1 saturated heterocycles. The van der Waals surface area contributed by atoms with Crippen LogP contribution in [-0.2, 0) is 0 Å². The fraction of sp³-hybridized carbons (Fsp3) is 0.455. The predicted octanol–water partition coefficient (Wildman–Crippen LogP) is -0.191. The highest BCUT2D eigenvalue weighted by Gasteiger charge is 2.27. The molecule has 16 heavy (non-hydrogen) atoms. The van der Waals surface area contributed by atoms with Gasteiger partial charge in [0.05, 0.1) is 6.04 Å². The van der Waals surface area contributed by atoms with Crippen molar-refractivity contribution in [1.29, 1.82) is 0 Å². The first-order valence-corrected chi connectivity index (χ1v) is 5.43. The van der Waals surface area contributed by atoms with Gasteiger partial charge in [-0.05, 0) is 13.0 Å². The molecule has 1 aromatic heterocycles. The number of hydrogen-bond donors (Lipinski definition) is 2. The number of likely N-dealkylation sites (N-methyl/N-ethyl adjacent to an activating group) is 1. The van der Waals surface area contributed by atoms with E-state index in [0.717, 1.165) is 13.1 Å². The van der Waals surface area contributed by atoms with Gasteiger partial charge in [-0.2, -0.15) is 0 Å². The first-order chi connectivity index (χ1) is 7.72. The van der Waals surface area contributed by atoms with Gasteiger partial charge in [0.1, 0.15) is 0 Å². The molecule has 1 amide bonds. The fourth-order valence-electron chi connectivity index (χ4n) is 1.80. The first-order valence-electron chi connectivity index (χ1n) is 5.43. The lowest BCUT2D eigenvalue weighted by atomic mass is 10.1. The van der Waals surface area contributed by atoms with E-state index >= 15 is 0 Å². The predicted molar refractivity (Wildman–Crippen MR) is 60.4 cm³/mol. The number of H-pyrrole nitrogens is 1. The largest absolute Gasteiger partial charge is 0.333 e. The lowest BCUT2D eigenvalue weighted by Crippen LogP contribution is -2.58. The Morgan fingerprint density at radius 1 is 1.56 bits per heavy atom. The summed E-state index contributed by atoms with van der Waals surface area (Å²) in [6.45, 7) is 4.28.